The van der Waals surface area contributed by atoms with Gasteiger partial charge >= 0.3 is 0 Å². The molecule has 5 heterocycles. The lowest BCUT2D eigenvalue weighted by Crippen LogP contribution is -2.20. The summed E-state index contributed by atoms with van der Waals surface area (Å²) in [5.41, 5.74) is 7.81. The smallest absolute Gasteiger partial charge is 0.161 e. The van der Waals surface area contributed by atoms with Gasteiger partial charge in [-0.2, -0.15) is 5.10 Å². The SMILES string of the molecule is CN(C)CCNc1cc(F)cc(-c2ccnc3[nH]c(-c4n[nH]c5ncc(-c6cncc(CNCC7CCCC7)c6)cc45)nc23)c1. The molecule has 0 atom stereocenters. The topological polar surface area (TPSA) is 123 Å². The summed E-state index contributed by atoms with van der Waals surface area (Å²) in [6.07, 6.45) is 12.7. The van der Waals surface area contributed by atoms with Gasteiger partial charge in [-0.05, 0) is 86.9 Å². The number of aromatic amines is 2. The molecule has 0 bridgehead atoms. The van der Waals surface area contributed by atoms with Gasteiger partial charge in [0.05, 0.1) is 5.39 Å². The van der Waals surface area contributed by atoms with E-state index in [9.17, 15) is 4.39 Å². The van der Waals surface area contributed by atoms with Crippen LogP contribution in [-0.4, -0.2) is 73.7 Å². The van der Waals surface area contributed by atoms with Crippen molar-refractivity contribution in [1.82, 2.24) is 45.3 Å². The first-order valence-corrected chi connectivity index (χ1v) is 15.5. The number of aromatic nitrogens is 7. The minimum Gasteiger partial charge on any atom is -0.384 e. The number of likely N-dealkylation sites (N-methyl/N-ethyl adjacent to an activating group) is 1. The average molecular weight is 605 g/mol. The second-order valence-corrected chi connectivity index (χ2v) is 12.2. The molecule has 0 radical (unpaired) electrons. The van der Waals surface area contributed by atoms with Gasteiger partial charge in [0.15, 0.2) is 17.1 Å². The highest BCUT2D eigenvalue weighted by Gasteiger charge is 2.18. The van der Waals surface area contributed by atoms with Crippen molar-refractivity contribution in [1.29, 1.82) is 0 Å². The van der Waals surface area contributed by atoms with E-state index in [0.717, 1.165) is 53.2 Å². The molecule has 1 saturated carbocycles. The van der Waals surface area contributed by atoms with Gasteiger partial charge < -0.3 is 20.5 Å². The Labute approximate surface area is 260 Å². The number of hydrogen-bond donors (Lipinski definition) is 4. The summed E-state index contributed by atoms with van der Waals surface area (Å²) < 4.78 is 14.7. The first-order valence-electron chi connectivity index (χ1n) is 15.5. The Hall–Kier alpha value is -4.74. The monoisotopic (exact) mass is 604 g/mol. The number of halogens is 1. The molecular formula is C34H37FN10. The molecule has 4 N–H and O–H groups in total. The maximum atomic E-state index is 14.7. The molecule has 6 aromatic rings. The summed E-state index contributed by atoms with van der Waals surface area (Å²) in [7, 11) is 4.01. The van der Waals surface area contributed by atoms with Crippen molar-refractivity contribution in [2.45, 2.75) is 32.2 Å². The lowest BCUT2D eigenvalue weighted by molar-refractivity contribution is 0.425. The third-order valence-electron chi connectivity index (χ3n) is 8.49. The molecule has 5 aromatic heterocycles. The number of fused-ring (bicyclic) bond motifs is 2. The van der Waals surface area contributed by atoms with Gasteiger partial charge in [-0.15, -0.1) is 0 Å². The van der Waals surface area contributed by atoms with E-state index in [2.05, 4.69) is 57.8 Å². The van der Waals surface area contributed by atoms with Crippen molar-refractivity contribution < 1.29 is 4.39 Å². The Balaban J connectivity index is 1.17. The molecule has 0 spiro atoms. The average Bonchev–Trinajstić information content (AvgIpc) is 3.80. The van der Waals surface area contributed by atoms with Crippen LogP contribution in [0.15, 0.2) is 61.2 Å². The Kier molecular flexibility index (Phi) is 8.19. The standard InChI is InChI=1S/C34H37FN10/c1-45(2)10-9-38-27-13-23(12-26(35)15-27)28-7-8-39-33-30(28)41-34(42-33)31-29-14-25(20-40-32(29)44-43-31)24-11-22(18-37-19-24)17-36-16-21-5-3-4-6-21/h7-8,11-15,18-21,36,38H,3-6,9-10,16-17H2,1-2H3,(H,39,41,42)(H,40,43,44). The molecule has 7 rings (SSSR count). The van der Waals surface area contributed by atoms with E-state index in [1.807, 2.05) is 44.8 Å². The maximum absolute atomic E-state index is 14.7. The highest BCUT2D eigenvalue weighted by Crippen LogP contribution is 2.33. The fraction of sp³-hybridized carbons (Fsp3) is 0.324. The molecular weight excluding hydrogens is 567 g/mol. The number of imidazole rings is 1. The summed E-state index contributed by atoms with van der Waals surface area (Å²) in [6, 6.07) is 11.1. The summed E-state index contributed by atoms with van der Waals surface area (Å²) in [5, 5.41) is 15.3. The number of benzene rings is 1. The minimum absolute atomic E-state index is 0.319. The first kappa shape index (κ1) is 29.0. The molecule has 11 heteroatoms. The quantitative estimate of drug-likeness (QED) is 0.142. The first-order chi connectivity index (χ1) is 22.0. The van der Waals surface area contributed by atoms with Crippen molar-refractivity contribution in [2.75, 3.05) is 39.0 Å². The van der Waals surface area contributed by atoms with Gasteiger partial charge in [0.1, 0.15) is 17.0 Å². The lowest BCUT2D eigenvalue weighted by Gasteiger charge is -2.12. The Bertz CT molecular complexity index is 1940. The van der Waals surface area contributed by atoms with E-state index >= 15 is 0 Å². The number of nitrogens with zero attached hydrogens (tertiary/aromatic N) is 6. The number of hydrogen-bond acceptors (Lipinski definition) is 8. The Morgan fingerprint density at radius 1 is 0.956 bits per heavy atom. The fourth-order valence-electron chi connectivity index (χ4n) is 6.15. The summed E-state index contributed by atoms with van der Waals surface area (Å²) in [6.45, 7) is 3.38. The number of nitrogens with one attached hydrogen (secondary N) is 4. The van der Waals surface area contributed by atoms with Crippen molar-refractivity contribution in [3.05, 3.63) is 72.6 Å². The molecule has 0 saturated heterocycles. The third kappa shape index (κ3) is 6.40. The molecule has 45 heavy (non-hydrogen) atoms. The van der Waals surface area contributed by atoms with Crippen LogP contribution < -0.4 is 10.6 Å². The fourth-order valence-corrected chi connectivity index (χ4v) is 6.15. The van der Waals surface area contributed by atoms with Gasteiger partial charge in [0.2, 0.25) is 0 Å². The number of H-pyrrole nitrogens is 2. The van der Waals surface area contributed by atoms with Crippen LogP contribution in [0.25, 0.3) is 56.0 Å². The molecule has 230 valence electrons. The van der Waals surface area contributed by atoms with Crippen molar-refractivity contribution in [3.63, 3.8) is 0 Å². The van der Waals surface area contributed by atoms with Gasteiger partial charge in [0, 0.05) is 66.8 Å². The van der Waals surface area contributed by atoms with Gasteiger partial charge in [-0.3, -0.25) is 10.1 Å². The second kappa shape index (κ2) is 12.7. The van der Waals surface area contributed by atoms with Gasteiger partial charge in [0.25, 0.3) is 0 Å². The molecule has 0 amide bonds. The van der Waals surface area contributed by atoms with Crippen molar-refractivity contribution in [2.24, 2.45) is 5.92 Å². The molecule has 1 aromatic carbocycles. The molecule has 0 unspecified atom stereocenters. The summed E-state index contributed by atoms with van der Waals surface area (Å²) in [4.78, 5) is 24.0. The van der Waals surface area contributed by atoms with E-state index in [4.69, 9.17) is 4.98 Å². The van der Waals surface area contributed by atoms with Crippen LogP contribution in [0.2, 0.25) is 0 Å². The van der Waals surface area contributed by atoms with Crippen LogP contribution in [0.3, 0.4) is 0 Å². The van der Waals surface area contributed by atoms with E-state index in [1.165, 1.54) is 37.8 Å². The van der Waals surface area contributed by atoms with Crippen LogP contribution in [0, 0.1) is 11.7 Å². The van der Waals surface area contributed by atoms with E-state index in [-0.39, 0.29) is 5.82 Å². The highest BCUT2D eigenvalue weighted by molar-refractivity contribution is 5.96. The zero-order chi connectivity index (χ0) is 30.8. The van der Waals surface area contributed by atoms with Gasteiger partial charge in [-0.25, -0.2) is 19.3 Å². The van der Waals surface area contributed by atoms with Gasteiger partial charge in [-0.1, -0.05) is 12.8 Å². The number of pyridine rings is 3. The van der Waals surface area contributed by atoms with Crippen LogP contribution >= 0.6 is 0 Å². The van der Waals surface area contributed by atoms with Crippen LogP contribution in [-0.2, 0) is 6.54 Å². The van der Waals surface area contributed by atoms with Crippen molar-refractivity contribution in [3.8, 4) is 33.8 Å². The lowest BCUT2D eigenvalue weighted by atomic mass is 10.0. The van der Waals surface area contributed by atoms with E-state index < -0.39 is 0 Å². The maximum Gasteiger partial charge on any atom is 0.161 e. The van der Waals surface area contributed by atoms with Crippen LogP contribution in [0.5, 0.6) is 0 Å². The second-order valence-electron chi connectivity index (χ2n) is 12.2. The summed E-state index contributed by atoms with van der Waals surface area (Å²) >= 11 is 0. The van der Waals surface area contributed by atoms with Crippen molar-refractivity contribution >= 4 is 27.9 Å². The number of anilines is 1. The zero-order valence-electron chi connectivity index (χ0n) is 25.6. The molecule has 1 fully saturated rings. The Morgan fingerprint density at radius 3 is 2.69 bits per heavy atom. The summed E-state index contributed by atoms with van der Waals surface area (Å²) in [5.74, 6) is 1.03. The zero-order valence-corrected chi connectivity index (χ0v) is 25.6. The minimum atomic E-state index is -0.319. The Morgan fingerprint density at radius 2 is 1.82 bits per heavy atom. The van der Waals surface area contributed by atoms with Crippen LogP contribution in [0.4, 0.5) is 10.1 Å². The number of rotatable bonds is 11. The normalized spacial score (nSPS) is 13.9. The highest BCUT2D eigenvalue weighted by atomic mass is 19.1. The largest absolute Gasteiger partial charge is 0.384 e. The molecule has 1 aliphatic rings. The van der Waals surface area contributed by atoms with E-state index in [1.54, 1.807) is 6.20 Å². The molecule has 0 aliphatic heterocycles. The molecule has 10 nitrogen and oxygen atoms in total. The molecule has 1 aliphatic carbocycles. The third-order valence-corrected chi connectivity index (χ3v) is 8.49. The van der Waals surface area contributed by atoms with Crippen LogP contribution in [0.1, 0.15) is 31.2 Å². The van der Waals surface area contributed by atoms with E-state index in [0.29, 0.717) is 46.1 Å². The predicted molar refractivity (Wildman–Crippen MR) is 176 cm³/mol. The predicted octanol–water partition coefficient (Wildman–Crippen LogP) is 6.02.